The molecule has 0 aliphatic heterocycles. The maximum Gasteiger partial charge on any atom is 0.229 e. The molecule has 0 bridgehead atoms. The van der Waals surface area contributed by atoms with Crippen molar-refractivity contribution in [1.29, 1.82) is 0 Å². The topological polar surface area (TPSA) is 72.2 Å². The molecule has 1 atom stereocenters. The molecule has 0 aliphatic rings. The Morgan fingerprint density at radius 2 is 1.70 bits per heavy atom. The minimum Gasteiger partial charge on any atom is -0.320 e. The van der Waals surface area contributed by atoms with Crippen LogP contribution in [0.4, 0.5) is 10.1 Å². The lowest BCUT2D eigenvalue weighted by Gasteiger charge is -2.17. The lowest BCUT2D eigenvalue weighted by atomic mass is 9.98. The summed E-state index contributed by atoms with van der Waals surface area (Å²) < 4.78 is 38.1. The lowest BCUT2D eigenvalue weighted by molar-refractivity contribution is 0.606. The van der Waals surface area contributed by atoms with Crippen LogP contribution >= 0.6 is 0 Å². The molecule has 0 aliphatic carbocycles. The van der Waals surface area contributed by atoms with Crippen molar-refractivity contribution in [3.63, 3.8) is 0 Å². The van der Waals surface area contributed by atoms with E-state index in [1.807, 2.05) is 0 Å². The molecule has 2 aromatic carbocycles. The van der Waals surface area contributed by atoms with E-state index in [4.69, 9.17) is 5.73 Å². The van der Waals surface area contributed by atoms with Crippen LogP contribution in [0.5, 0.6) is 0 Å². The Morgan fingerprint density at radius 1 is 1.10 bits per heavy atom. The van der Waals surface area contributed by atoms with Crippen LogP contribution in [0, 0.1) is 5.82 Å². The van der Waals surface area contributed by atoms with Gasteiger partial charge < -0.3 is 5.73 Å². The number of anilines is 1. The molecule has 0 radical (unpaired) electrons. The van der Waals surface area contributed by atoms with Gasteiger partial charge in [0.15, 0.2) is 0 Å². The van der Waals surface area contributed by atoms with Crippen molar-refractivity contribution in [3.8, 4) is 0 Å². The Labute approximate surface area is 117 Å². The number of hydrogen-bond donors (Lipinski definition) is 2. The molecule has 0 spiro atoms. The van der Waals surface area contributed by atoms with Gasteiger partial charge in [-0.2, -0.15) is 0 Å². The Bertz CT molecular complexity index is 699. The van der Waals surface area contributed by atoms with Crippen LogP contribution in [0.2, 0.25) is 0 Å². The van der Waals surface area contributed by atoms with E-state index in [0.717, 1.165) is 6.26 Å². The van der Waals surface area contributed by atoms with E-state index in [-0.39, 0.29) is 5.82 Å². The van der Waals surface area contributed by atoms with Gasteiger partial charge in [-0.05, 0) is 29.3 Å². The molecule has 0 aromatic heterocycles. The predicted octanol–water partition coefficient (Wildman–Crippen LogP) is 2.25. The summed E-state index contributed by atoms with van der Waals surface area (Å²) in [6, 6.07) is 12.1. The van der Waals surface area contributed by atoms with E-state index in [1.165, 1.54) is 12.1 Å². The Morgan fingerprint density at radius 3 is 2.30 bits per heavy atom. The molecule has 2 aromatic rings. The first-order valence-corrected chi connectivity index (χ1v) is 7.84. The smallest absolute Gasteiger partial charge is 0.229 e. The fourth-order valence-corrected chi connectivity index (χ4v) is 2.50. The van der Waals surface area contributed by atoms with Gasteiger partial charge >= 0.3 is 0 Å². The number of para-hydroxylation sites is 1. The van der Waals surface area contributed by atoms with Crippen LogP contribution in [0.25, 0.3) is 0 Å². The van der Waals surface area contributed by atoms with Crippen LogP contribution in [0.15, 0.2) is 48.5 Å². The average molecular weight is 294 g/mol. The average Bonchev–Trinajstić information content (AvgIpc) is 2.37. The zero-order valence-corrected chi connectivity index (χ0v) is 11.7. The number of sulfonamides is 1. The lowest BCUT2D eigenvalue weighted by Crippen LogP contribution is -2.17. The summed E-state index contributed by atoms with van der Waals surface area (Å²) in [6.07, 6.45) is 1.08. The van der Waals surface area contributed by atoms with Gasteiger partial charge in [0.2, 0.25) is 10.0 Å². The second kappa shape index (κ2) is 5.60. The summed E-state index contributed by atoms with van der Waals surface area (Å²) in [7, 11) is -3.39. The maximum absolute atomic E-state index is 12.9. The van der Waals surface area contributed by atoms with Gasteiger partial charge in [-0.25, -0.2) is 12.8 Å². The van der Waals surface area contributed by atoms with E-state index < -0.39 is 16.1 Å². The molecule has 20 heavy (non-hydrogen) atoms. The first-order chi connectivity index (χ1) is 9.37. The highest BCUT2D eigenvalue weighted by molar-refractivity contribution is 7.92. The first-order valence-electron chi connectivity index (χ1n) is 5.94. The van der Waals surface area contributed by atoms with Crippen molar-refractivity contribution in [2.45, 2.75) is 6.04 Å². The molecule has 0 saturated carbocycles. The monoisotopic (exact) mass is 294 g/mol. The van der Waals surface area contributed by atoms with Gasteiger partial charge in [-0.15, -0.1) is 0 Å². The molecule has 0 fully saturated rings. The number of nitrogens with two attached hydrogens (primary N) is 1. The highest BCUT2D eigenvalue weighted by Crippen LogP contribution is 2.27. The van der Waals surface area contributed by atoms with E-state index in [0.29, 0.717) is 16.8 Å². The van der Waals surface area contributed by atoms with Crippen molar-refractivity contribution in [3.05, 3.63) is 65.5 Å². The summed E-state index contributed by atoms with van der Waals surface area (Å²) >= 11 is 0. The molecule has 0 heterocycles. The van der Waals surface area contributed by atoms with Gasteiger partial charge in [-0.1, -0.05) is 30.3 Å². The van der Waals surface area contributed by atoms with Crippen LogP contribution in [-0.4, -0.2) is 14.7 Å². The van der Waals surface area contributed by atoms with E-state index >= 15 is 0 Å². The molecule has 106 valence electrons. The second-order valence-electron chi connectivity index (χ2n) is 4.49. The van der Waals surface area contributed by atoms with Crippen molar-refractivity contribution in [1.82, 2.24) is 0 Å². The summed E-state index contributed by atoms with van der Waals surface area (Å²) in [4.78, 5) is 0. The third-order valence-electron chi connectivity index (χ3n) is 2.82. The fourth-order valence-electron chi connectivity index (χ4n) is 1.91. The van der Waals surface area contributed by atoms with E-state index in [2.05, 4.69) is 4.72 Å². The minimum absolute atomic E-state index is 0.344. The molecule has 2 rings (SSSR count). The SMILES string of the molecule is CS(=O)(=O)Nc1ccccc1C(N)c1ccc(F)cc1. The Kier molecular flexibility index (Phi) is 4.06. The summed E-state index contributed by atoms with van der Waals surface area (Å²) in [5.41, 5.74) is 7.88. The van der Waals surface area contributed by atoms with Gasteiger partial charge in [0, 0.05) is 0 Å². The number of nitrogens with one attached hydrogen (secondary N) is 1. The number of benzene rings is 2. The predicted molar refractivity (Wildman–Crippen MR) is 77.3 cm³/mol. The first kappa shape index (κ1) is 14.5. The molecule has 3 N–H and O–H groups in total. The van der Waals surface area contributed by atoms with Crippen molar-refractivity contribution < 1.29 is 12.8 Å². The Balaban J connectivity index is 2.39. The van der Waals surface area contributed by atoms with Crippen LogP contribution in [-0.2, 0) is 10.0 Å². The molecule has 1 unspecified atom stereocenters. The fraction of sp³-hybridized carbons (Fsp3) is 0.143. The molecule has 0 amide bonds. The normalized spacial score (nSPS) is 12.9. The minimum atomic E-state index is -3.39. The molecular weight excluding hydrogens is 279 g/mol. The van der Waals surface area contributed by atoms with Crippen LogP contribution in [0.3, 0.4) is 0 Å². The highest BCUT2D eigenvalue weighted by Gasteiger charge is 2.15. The van der Waals surface area contributed by atoms with E-state index in [9.17, 15) is 12.8 Å². The van der Waals surface area contributed by atoms with Gasteiger partial charge in [0.05, 0.1) is 18.0 Å². The third kappa shape index (κ3) is 3.55. The van der Waals surface area contributed by atoms with Crippen molar-refractivity contribution in [2.24, 2.45) is 5.73 Å². The summed E-state index contributed by atoms with van der Waals surface area (Å²) in [5, 5.41) is 0. The van der Waals surface area contributed by atoms with Gasteiger partial charge in [-0.3, -0.25) is 4.72 Å². The molecule has 4 nitrogen and oxygen atoms in total. The summed E-state index contributed by atoms with van der Waals surface area (Å²) in [5.74, 6) is -0.344. The van der Waals surface area contributed by atoms with Crippen molar-refractivity contribution >= 4 is 15.7 Å². The zero-order valence-electron chi connectivity index (χ0n) is 10.9. The second-order valence-corrected chi connectivity index (χ2v) is 6.24. The largest absolute Gasteiger partial charge is 0.320 e. The van der Waals surface area contributed by atoms with E-state index in [1.54, 1.807) is 36.4 Å². The number of hydrogen-bond acceptors (Lipinski definition) is 3. The Hall–Kier alpha value is -1.92. The zero-order chi connectivity index (χ0) is 14.8. The number of halogens is 1. The molecule has 6 heteroatoms. The molecular formula is C14H15FN2O2S. The van der Waals surface area contributed by atoms with Crippen LogP contribution < -0.4 is 10.5 Å². The molecule has 0 saturated heterocycles. The highest BCUT2D eigenvalue weighted by atomic mass is 32.2. The number of rotatable bonds is 4. The van der Waals surface area contributed by atoms with Crippen LogP contribution in [0.1, 0.15) is 17.2 Å². The standard InChI is InChI=1S/C14H15FN2O2S/c1-20(18,19)17-13-5-3-2-4-12(13)14(16)10-6-8-11(15)9-7-10/h2-9,14,17H,16H2,1H3. The third-order valence-corrected chi connectivity index (χ3v) is 3.41. The quantitative estimate of drug-likeness (QED) is 0.908. The summed E-state index contributed by atoms with van der Waals surface area (Å²) in [6.45, 7) is 0. The van der Waals surface area contributed by atoms with Gasteiger partial charge in [0.1, 0.15) is 5.82 Å². The maximum atomic E-state index is 12.9. The van der Waals surface area contributed by atoms with Crippen molar-refractivity contribution in [2.75, 3.05) is 11.0 Å². The van der Waals surface area contributed by atoms with Gasteiger partial charge in [0.25, 0.3) is 0 Å².